The summed E-state index contributed by atoms with van der Waals surface area (Å²) < 4.78 is 0. The minimum atomic E-state index is 0.370. The summed E-state index contributed by atoms with van der Waals surface area (Å²) in [6, 6.07) is 0.666. The molecule has 0 amide bonds. The zero-order chi connectivity index (χ0) is 14.6. The quantitative estimate of drug-likeness (QED) is 0.365. The zero-order valence-electron chi connectivity index (χ0n) is 13.5. The molecule has 0 spiro atoms. The molecule has 0 aliphatic heterocycles. The van der Waals surface area contributed by atoms with E-state index >= 15 is 0 Å². The Hall–Kier alpha value is -0.340. The maximum Gasteiger partial charge on any atom is 0.0459 e. The van der Waals surface area contributed by atoms with Gasteiger partial charge < -0.3 is 5.11 Å². The summed E-state index contributed by atoms with van der Waals surface area (Å²) >= 11 is 0. The molecule has 1 fully saturated rings. The Bertz CT molecular complexity index is 242. The lowest BCUT2D eigenvalue weighted by molar-refractivity contribution is 0.148. The van der Waals surface area contributed by atoms with E-state index in [1.807, 2.05) is 6.08 Å². The monoisotopic (exact) mass is 281 g/mol. The molecule has 0 bridgehead atoms. The van der Waals surface area contributed by atoms with Gasteiger partial charge in [0.2, 0.25) is 0 Å². The minimum absolute atomic E-state index is 0.370. The third-order valence-electron chi connectivity index (χ3n) is 4.69. The molecule has 20 heavy (non-hydrogen) atoms. The highest BCUT2D eigenvalue weighted by atomic mass is 16.3. The van der Waals surface area contributed by atoms with Gasteiger partial charge in [0.1, 0.15) is 0 Å². The fraction of sp³-hybridized carbons (Fsp3) is 0.889. The van der Waals surface area contributed by atoms with Crippen LogP contribution in [0.5, 0.6) is 0 Å². The third-order valence-corrected chi connectivity index (χ3v) is 4.69. The topological polar surface area (TPSA) is 23.5 Å². The lowest BCUT2D eigenvalue weighted by Crippen LogP contribution is -2.37. The average Bonchev–Trinajstić information content (AvgIpc) is 2.71. The SMILES string of the molecule is C=CCN(CCCCCCC)C1CCCCC(CO)C1. The van der Waals surface area contributed by atoms with E-state index in [0.29, 0.717) is 18.6 Å². The number of nitrogens with zero attached hydrogens (tertiary/aromatic N) is 1. The molecule has 1 rings (SSSR count). The number of aliphatic hydroxyl groups is 1. The molecule has 0 aromatic heterocycles. The summed E-state index contributed by atoms with van der Waals surface area (Å²) in [6.45, 7) is 8.78. The Labute approximate surface area is 126 Å². The molecule has 1 aliphatic carbocycles. The highest BCUT2D eigenvalue weighted by Crippen LogP contribution is 2.26. The molecule has 0 heterocycles. The summed E-state index contributed by atoms with van der Waals surface area (Å²) in [6.07, 6.45) is 15.1. The van der Waals surface area contributed by atoms with Gasteiger partial charge in [0.15, 0.2) is 0 Å². The molecular weight excluding hydrogens is 246 g/mol. The van der Waals surface area contributed by atoms with Crippen LogP contribution in [0.2, 0.25) is 0 Å². The second-order valence-corrected chi connectivity index (χ2v) is 6.42. The Kier molecular flexibility index (Phi) is 10.0. The molecular formula is C18H35NO. The minimum Gasteiger partial charge on any atom is -0.396 e. The molecule has 1 saturated carbocycles. The lowest BCUT2D eigenvalue weighted by Gasteiger charge is -2.31. The van der Waals surface area contributed by atoms with Gasteiger partial charge in [-0.3, -0.25) is 4.90 Å². The number of rotatable bonds is 10. The van der Waals surface area contributed by atoms with Crippen molar-refractivity contribution < 1.29 is 5.11 Å². The highest BCUT2D eigenvalue weighted by molar-refractivity contribution is 4.83. The largest absolute Gasteiger partial charge is 0.396 e. The third kappa shape index (κ3) is 6.90. The first-order valence-electron chi connectivity index (χ1n) is 8.77. The zero-order valence-corrected chi connectivity index (χ0v) is 13.5. The van der Waals surface area contributed by atoms with E-state index in [9.17, 15) is 5.11 Å². The van der Waals surface area contributed by atoms with E-state index in [-0.39, 0.29) is 0 Å². The first-order chi connectivity index (χ1) is 9.81. The molecule has 2 nitrogen and oxygen atoms in total. The van der Waals surface area contributed by atoms with Crippen LogP contribution in [-0.4, -0.2) is 35.7 Å². The van der Waals surface area contributed by atoms with Crippen molar-refractivity contribution >= 4 is 0 Å². The Morgan fingerprint density at radius 2 is 1.90 bits per heavy atom. The first-order valence-corrected chi connectivity index (χ1v) is 8.77. The number of hydrogen-bond donors (Lipinski definition) is 1. The standard InChI is InChI=1S/C18H35NO/c1-3-5-6-7-10-14-19(13-4-2)18-12-9-8-11-17(15-18)16-20/h4,17-18,20H,2-3,5-16H2,1H3. The molecule has 2 heteroatoms. The van der Waals surface area contributed by atoms with E-state index in [2.05, 4.69) is 18.4 Å². The molecule has 2 atom stereocenters. The average molecular weight is 281 g/mol. The molecule has 0 radical (unpaired) electrons. The second kappa shape index (κ2) is 11.3. The van der Waals surface area contributed by atoms with Gasteiger partial charge in [0.25, 0.3) is 0 Å². The Morgan fingerprint density at radius 1 is 1.15 bits per heavy atom. The van der Waals surface area contributed by atoms with Gasteiger partial charge in [-0.15, -0.1) is 6.58 Å². The van der Waals surface area contributed by atoms with Crippen molar-refractivity contribution in [1.29, 1.82) is 0 Å². The van der Waals surface area contributed by atoms with Gasteiger partial charge in [-0.2, -0.15) is 0 Å². The van der Waals surface area contributed by atoms with Gasteiger partial charge in [0, 0.05) is 19.2 Å². The summed E-state index contributed by atoms with van der Waals surface area (Å²) in [7, 11) is 0. The molecule has 1 aliphatic rings. The molecule has 0 aromatic carbocycles. The van der Waals surface area contributed by atoms with Gasteiger partial charge >= 0.3 is 0 Å². The van der Waals surface area contributed by atoms with Crippen molar-refractivity contribution in [2.45, 2.75) is 77.2 Å². The van der Waals surface area contributed by atoms with Crippen molar-refractivity contribution in [3.05, 3.63) is 12.7 Å². The van der Waals surface area contributed by atoms with Crippen LogP contribution in [0.1, 0.15) is 71.1 Å². The van der Waals surface area contributed by atoms with E-state index in [0.717, 1.165) is 6.54 Å². The van der Waals surface area contributed by atoms with Crippen molar-refractivity contribution in [2.75, 3.05) is 19.7 Å². The predicted octanol–water partition coefficient (Wildman–Crippen LogP) is 4.39. The highest BCUT2D eigenvalue weighted by Gasteiger charge is 2.23. The maximum absolute atomic E-state index is 9.48. The second-order valence-electron chi connectivity index (χ2n) is 6.42. The smallest absolute Gasteiger partial charge is 0.0459 e. The molecule has 1 N–H and O–H groups in total. The van der Waals surface area contributed by atoms with Crippen LogP contribution in [-0.2, 0) is 0 Å². The van der Waals surface area contributed by atoms with Crippen LogP contribution in [0.3, 0.4) is 0 Å². The Balaban J connectivity index is 2.39. The van der Waals surface area contributed by atoms with Crippen LogP contribution >= 0.6 is 0 Å². The molecule has 0 aromatic rings. The van der Waals surface area contributed by atoms with Crippen molar-refractivity contribution in [2.24, 2.45) is 5.92 Å². The van der Waals surface area contributed by atoms with E-state index in [4.69, 9.17) is 0 Å². The fourth-order valence-corrected chi connectivity index (χ4v) is 3.44. The summed E-state index contributed by atoms with van der Waals surface area (Å²) in [5, 5.41) is 9.48. The summed E-state index contributed by atoms with van der Waals surface area (Å²) in [5.74, 6) is 0.523. The van der Waals surface area contributed by atoms with Crippen LogP contribution in [0.25, 0.3) is 0 Å². The number of aliphatic hydroxyl groups excluding tert-OH is 1. The predicted molar refractivity (Wildman–Crippen MR) is 88.0 cm³/mol. The van der Waals surface area contributed by atoms with E-state index in [1.54, 1.807) is 0 Å². The van der Waals surface area contributed by atoms with Gasteiger partial charge in [-0.25, -0.2) is 0 Å². The fourth-order valence-electron chi connectivity index (χ4n) is 3.44. The van der Waals surface area contributed by atoms with Crippen LogP contribution in [0.4, 0.5) is 0 Å². The van der Waals surface area contributed by atoms with Gasteiger partial charge in [-0.05, 0) is 38.1 Å². The summed E-state index contributed by atoms with van der Waals surface area (Å²) in [5.41, 5.74) is 0. The first kappa shape index (κ1) is 17.7. The van der Waals surface area contributed by atoms with Crippen molar-refractivity contribution in [3.8, 4) is 0 Å². The van der Waals surface area contributed by atoms with Crippen LogP contribution in [0, 0.1) is 5.92 Å². The van der Waals surface area contributed by atoms with Crippen molar-refractivity contribution in [1.82, 2.24) is 4.90 Å². The van der Waals surface area contributed by atoms with E-state index < -0.39 is 0 Å². The van der Waals surface area contributed by atoms with Gasteiger partial charge in [-0.1, -0.05) is 51.5 Å². The number of hydrogen-bond acceptors (Lipinski definition) is 2. The number of unbranched alkanes of at least 4 members (excludes halogenated alkanes) is 4. The normalized spacial score (nSPS) is 23.8. The Morgan fingerprint density at radius 3 is 2.60 bits per heavy atom. The molecule has 118 valence electrons. The molecule has 0 saturated heterocycles. The van der Waals surface area contributed by atoms with Crippen molar-refractivity contribution in [3.63, 3.8) is 0 Å². The summed E-state index contributed by atoms with van der Waals surface area (Å²) in [4.78, 5) is 2.62. The van der Waals surface area contributed by atoms with E-state index in [1.165, 1.54) is 70.8 Å². The van der Waals surface area contributed by atoms with Crippen LogP contribution in [0.15, 0.2) is 12.7 Å². The lowest BCUT2D eigenvalue weighted by atomic mass is 9.97. The maximum atomic E-state index is 9.48. The van der Waals surface area contributed by atoms with Crippen LogP contribution < -0.4 is 0 Å². The molecule has 2 unspecified atom stereocenters. The van der Waals surface area contributed by atoms with Gasteiger partial charge in [0.05, 0.1) is 0 Å².